The van der Waals surface area contributed by atoms with E-state index in [1.807, 2.05) is 12.1 Å². The van der Waals surface area contributed by atoms with Gasteiger partial charge < -0.3 is 14.5 Å². The van der Waals surface area contributed by atoms with Crippen molar-refractivity contribution in [2.24, 2.45) is 0 Å². The van der Waals surface area contributed by atoms with Gasteiger partial charge in [-0.1, -0.05) is 105 Å². The number of fused-ring (bicyclic) bond motifs is 9. The van der Waals surface area contributed by atoms with E-state index in [-0.39, 0.29) is 5.41 Å². The number of aromatic nitrogens is 2. The molecule has 0 spiro atoms. The summed E-state index contributed by atoms with van der Waals surface area (Å²) in [5.74, 6) is 0. The van der Waals surface area contributed by atoms with Crippen molar-refractivity contribution in [3.63, 3.8) is 0 Å². The van der Waals surface area contributed by atoms with Crippen LogP contribution in [-0.4, -0.2) is 15.3 Å². The molecule has 1 N–H and O–H groups in total. The minimum atomic E-state index is -0.0147. The Kier molecular flexibility index (Phi) is 5.78. The van der Waals surface area contributed by atoms with Gasteiger partial charge in [0.1, 0.15) is 0 Å². The molecule has 9 aromatic rings. The molecule has 1 aliphatic rings. The van der Waals surface area contributed by atoms with Crippen LogP contribution in [0.2, 0.25) is 0 Å². The molecule has 1 aliphatic carbocycles. The predicted molar refractivity (Wildman–Crippen MR) is 206 cm³/mol. The first-order chi connectivity index (χ1) is 24.0. The van der Waals surface area contributed by atoms with E-state index in [2.05, 4.69) is 163 Å². The summed E-state index contributed by atoms with van der Waals surface area (Å²) in [6.07, 6.45) is 1.39. The molecule has 0 atom stereocenters. The lowest BCUT2D eigenvalue weighted by molar-refractivity contribution is 0.660. The maximum absolute atomic E-state index is 7.63. The minimum absolute atomic E-state index is 0.0147. The van der Waals surface area contributed by atoms with Gasteiger partial charge in [0.15, 0.2) is 0 Å². The summed E-state index contributed by atoms with van der Waals surface area (Å²) in [5, 5.41) is 12.6. The van der Waals surface area contributed by atoms with Gasteiger partial charge in [-0.3, -0.25) is 0 Å². The fraction of sp³-hybridized carbons (Fsp3) is 0.0652. The lowest BCUT2D eigenvalue weighted by Gasteiger charge is -2.21. The van der Waals surface area contributed by atoms with Gasteiger partial charge in [0, 0.05) is 44.5 Å². The van der Waals surface area contributed by atoms with Gasteiger partial charge in [0.2, 0.25) is 0 Å². The van der Waals surface area contributed by atoms with Crippen LogP contribution in [0.15, 0.2) is 152 Å². The van der Waals surface area contributed by atoms with Gasteiger partial charge in [-0.2, -0.15) is 0 Å². The highest BCUT2D eigenvalue weighted by Gasteiger charge is 2.35. The normalized spacial score (nSPS) is 13.3. The first-order valence-electron chi connectivity index (χ1n) is 16.9. The van der Waals surface area contributed by atoms with Crippen molar-refractivity contribution in [1.82, 2.24) is 9.13 Å². The van der Waals surface area contributed by atoms with Gasteiger partial charge in [-0.25, -0.2) is 0 Å². The van der Waals surface area contributed by atoms with Crippen LogP contribution >= 0.6 is 0 Å². The summed E-state index contributed by atoms with van der Waals surface area (Å²) < 4.78 is 4.76. The van der Waals surface area contributed by atoms with E-state index in [4.69, 9.17) is 5.41 Å². The fourth-order valence-corrected chi connectivity index (χ4v) is 8.43. The van der Waals surface area contributed by atoms with Crippen LogP contribution in [0.1, 0.15) is 30.5 Å². The molecule has 0 fully saturated rings. The quantitative estimate of drug-likeness (QED) is 0.188. The summed E-state index contributed by atoms with van der Waals surface area (Å²) in [7, 11) is 0. The summed E-state index contributed by atoms with van der Waals surface area (Å²) in [5.41, 5.74) is 15.8. The third-order valence-electron chi connectivity index (χ3n) is 10.8. The summed E-state index contributed by atoms with van der Waals surface area (Å²) in [6, 6.07) is 55.4. The van der Waals surface area contributed by atoms with Crippen LogP contribution in [0.5, 0.6) is 0 Å². The van der Waals surface area contributed by atoms with E-state index in [1.165, 1.54) is 88.9 Å². The maximum Gasteiger partial charge on any atom is 0.0541 e. The van der Waals surface area contributed by atoms with Crippen molar-refractivity contribution < 1.29 is 0 Å². The van der Waals surface area contributed by atoms with Gasteiger partial charge in [0.05, 0.1) is 22.1 Å². The molecule has 10 rings (SSSR count). The smallest absolute Gasteiger partial charge is 0.0541 e. The van der Waals surface area contributed by atoms with E-state index in [9.17, 15) is 0 Å². The Morgan fingerprint density at radius 2 is 0.959 bits per heavy atom. The van der Waals surface area contributed by atoms with Gasteiger partial charge in [-0.15, -0.1) is 0 Å². The topological polar surface area (TPSA) is 33.7 Å². The Morgan fingerprint density at radius 1 is 0.449 bits per heavy atom. The van der Waals surface area contributed by atoms with Crippen molar-refractivity contribution in [2.75, 3.05) is 0 Å². The molecular weight excluding hydrogens is 595 g/mol. The van der Waals surface area contributed by atoms with Gasteiger partial charge >= 0.3 is 0 Å². The largest absolute Gasteiger partial charge is 0.309 e. The molecule has 0 unspecified atom stereocenters. The number of hydrogen-bond acceptors (Lipinski definition) is 1. The van der Waals surface area contributed by atoms with E-state index in [1.54, 1.807) is 0 Å². The van der Waals surface area contributed by atoms with Gasteiger partial charge in [-0.05, 0) is 99.6 Å². The molecule has 0 saturated heterocycles. The second kappa shape index (κ2) is 10.2. The standard InChI is InChI=1S/C46H33N3/c1-46(2)40-12-6-3-9-34(40)37-27-33(21-22-41(37)46)49-43-14-8-5-11-36(43)39-26-31(18-24-45(39)49)30-17-23-44-38(25-30)35-10-4-7-13-42(35)48(44)32-19-15-29(28-47)16-20-32/h3-28,47H,1-2H3. The van der Waals surface area contributed by atoms with Crippen LogP contribution in [0.3, 0.4) is 0 Å². The third-order valence-corrected chi connectivity index (χ3v) is 10.8. The second-order valence-electron chi connectivity index (χ2n) is 13.8. The zero-order chi connectivity index (χ0) is 32.9. The Balaban J connectivity index is 1.14. The zero-order valence-electron chi connectivity index (χ0n) is 27.4. The Morgan fingerprint density at radius 3 is 1.59 bits per heavy atom. The molecule has 0 amide bonds. The lowest BCUT2D eigenvalue weighted by atomic mass is 9.82. The number of rotatable bonds is 4. The lowest BCUT2D eigenvalue weighted by Crippen LogP contribution is -2.14. The first-order valence-corrected chi connectivity index (χ1v) is 16.9. The molecular formula is C46H33N3. The Hall–Kier alpha value is -6.19. The maximum atomic E-state index is 7.63. The Labute approximate surface area is 284 Å². The molecule has 0 saturated carbocycles. The molecule has 232 valence electrons. The average Bonchev–Trinajstić information content (AvgIpc) is 3.74. The molecule has 0 bridgehead atoms. The molecule has 3 heteroatoms. The van der Waals surface area contributed by atoms with Crippen molar-refractivity contribution >= 4 is 49.8 Å². The van der Waals surface area contributed by atoms with E-state index < -0.39 is 0 Å². The number of benzene rings is 7. The summed E-state index contributed by atoms with van der Waals surface area (Å²) >= 11 is 0. The molecule has 2 aromatic heterocycles. The number of nitrogens with zero attached hydrogens (tertiary/aromatic N) is 2. The SMILES string of the molecule is CC1(C)c2ccccc2-c2cc(-n3c4ccccc4c4cc(-c5ccc6c(c5)c5ccccc5n6-c5ccc(C=N)cc5)ccc43)ccc21. The van der Waals surface area contributed by atoms with Crippen LogP contribution in [0.4, 0.5) is 0 Å². The van der Waals surface area contributed by atoms with Crippen LogP contribution in [0, 0.1) is 5.41 Å². The van der Waals surface area contributed by atoms with Crippen molar-refractivity contribution in [3.05, 3.63) is 168 Å². The van der Waals surface area contributed by atoms with Crippen LogP contribution in [0.25, 0.3) is 77.2 Å². The fourth-order valence-electron chi connectivity index (χ4n) is 8.43. The highest BCUT2D eigenvalue weighted by atomic mass is 15.0. The molecule has 2 heterocycles. The first kappa shape index (κ1) is 27.9. The van der Waals surface area contributed by atoms with Crippen molar-refractivity contribution in [3.8, 4) is 33.6 Å². The van der Waals surface area contributed by atoms with Crippen LogP contribution in [-0.2, 0) is 5.41 Å². The second-order valence-corrected chi connectivity index (χ2v) is 13.8. The monoisotopic (exact) mass is 627 g/mol. The Bertz CT molecular complexity index is 2810. The van der Waals surface area contributed by atoms with E-state index >= 15 is 0 Å². The van der Waals surface area contributed by atoms with Crippen molar-refractivity contribution in [1.29, 1.82) is 5.41 Å². The molecule has 3 nitrogen and oxygen atoms in total. The summed E-state index contributed by atoms with van der Waals surface area (Å²) in [4.78, 5) is 0. The van der Waals surface area contributed by atoms with E-state index in [0.717, 1.165) is 11.3 Å². The van der Waals surface area contributed by atoms with E-state index in [0.29, 0.717) is 0 Å². The zero-order valence-corrected chi connectivity index (χ0v) is 27.4. The van der Waals surface area contributed by atoms with Crippen molar-refractivity contribution in [2.45, 2.75) is 19.3 Å². The van der Waals surface area contributed by atoms with Crippen LogP contribution < -0.4 is 0 Å². The number of para-hydroxylation sites is 2. The molecule has 0 aliphatic heterocycles. The highest BCUT2D eigenvalue weighted by Crippen LogP contribution is 2.49. The molecule has 0 radical (unpaired) electrons. The van der Waals surface area contributed by atoms with Gasteiger partial charge in [0.25, 0.3) is 0 Å². The third kappa shape index (κ3) is 3.93. The molecule has 49 heavy (non-hydrogen) atoms. The highest BCUT2D eigenvalue weighted by molar-refractivity contribution is 6.12. The minimum Gasteiger partial charge on any atom is -0.309 e. The number of hydrogen-bond donors (Lipinski definition) is 1. The molecule has 7 aromatic carbocycles. The summed E-state index contributed by atoms with van der Waals surface area (Å²) in [6.45, 7) is 4.68. The predicted octanol–water partition coefficient (Wildman–Crippen LogP) is 11.9. The number of nitrogens with one attached hydrogen (secondary N) is 1. The average molecular weight is 628 g/mol.